The Balaban J connectivity index is 3.20. The number of benzene rings is 1. The van der Waals surface area contributed by atoms with Crippen molar-refractivity contribution in [2.24, 2.45) is 0 Å². The van der Waals surface area contributed by atoms with Crippen molar-refractivity contribution in [2.75, 3.05) is 5.32 Å². The minimum atomic E-state index is -0.641. The first-order chi connectivity index (χ1) is 8.12. The molecule has 0 bridgehead atoms. The van der Waals surface area contributed by atoms with Crippen LogP contribution >= 0.6 is 11.6 Å². The highest BCUT2D eigenvalue weighted by molar-refractivity contribution is 6.30. The number of nitriles is 3. The zero-order valence-corrected chi connectivity index (χ0v) is 9.09. The van der Waals surface area contributed by atoms with Crippen molar-refractivity contribution in [1.82, 2.24) is 0 Å². The third kappa shape index (κ3) is 2.95. The van der Waals surface area contributed by atoms with Gasteiger partial charge in [0.1, 0.15) is 29.7 Å². The van der Waals surface area contributed by atoms with Gasteiger partial charge in [0.25, 0.3) is 0 Å². The van der Waals surface area contributed by atoms with Crippen LogP contribution in [-0.4, -0.2) is 0 Å². The van der Waals surface area contributed by atoms with Crippen LogP contribution in [0.1, 0.15) is 0 Å². The van der Waals surface area contributed by atoms with Crippen molar-refractivity contribution in [3.63, 3.8) is 0 Å². The summed E-state index contributed by atoms with van der Waals surface area (Å²) in [5, 5.41) is 28.5. The van der Waals surface area contributed by atoms with Crippen molar-refractivity contribution >= 4 is 17.3 Å². The van der Waals surface area contributed by atoms with Gasteiger partial charge >= 0.3 is 0 Å². The van der Waals surface area contributed by atoms with Gasteiger partial charge < -0.3 is 5.32 Å². The summed E-state index contributed by atoms with van der Waals surface area (Å²) in [5.74, 6) is -0.641. The molecular weight excluding hydrogens is 243 g/mol. The maximum Gasteiger partial charge on any atom is 0.163 e. The molecule has 0 saturated carbocycles. The van der Waals surface area contributed by atoms with Crippen LogP contribution in [0.4, 0.5) is 10.1 Å². The molecule has 1 rings (SSSR count). The Morgan fingerprint density at radius 3 is 2.35 bits per heavy atom. The molecule has 1 aromatic rings. The lowest BCUT2D eigenvalue weighted by molar-refractivity contribution is 0.631. The van der Waals surface area contributed by atoms with E-state index in [1.807, 2.05) is 0 Å². The van der Waals surface area contributed by atoms with Gasteiger partial charge in [-0.15, -0.1) is 0 Å². The van der Waals surface area contributed by atoms with E-state index in [-0.39, 0.29) is 16.4 Å². The van der Waals surface area contributed by atoms with Crippen molar-refractivity contribution in [3.8, 4) is 18.2 Å². The summed E-state index contributed by atoms with van der Waals surface area (Å²) >= 11 is 5.66. The Kier molecular flexibility index (Phi) is 4.06. The van der Waals surface area contributed by atoms with Crippen molar-refractivity contribution in [1.29, 1.82) is 15.8 Å². The molecule has 0 unspecified atom stereocenters. The molecule has 0 aliphatic heterocycles. The largest absolute Gasteiger partial charge is 0.343 e. The summed E-state index contributed by atoms with van der Waals surface area (Å²) in [5.41, 5.74) is -0.819. The SMILES string of the molecule is N#CC(C#N)=C(C#N)Nc1cc(Cl)ccc1F. The normalized spacial score (nSPS) is 8.41. The quantitative estimate of drug-likeness (QED) is 0.813. The van der Waals surface area contributed by atoms with Crippen molar-refractivity contribution < 1.29 is 4.39 Å². The number of hydrogen-bond donors (Lipinski definition) is 1. The highest BCUT2D eigenvalue weighted by Gasteiger charge is 2.09. The van der Waals surface area contributed by atoms with Gasteiger partial charge in [-0.1, -0.05) is 11.6 Å². The first-order valence-electron chi connectivity index (χ1n) is 4.29. The second kappa shape index (κ2) is 5.51. The fourth-order valence-electron chi connectivity index (χ4n) is 1.01. The predicted octanol–water partition coefficient (Wildman–Crippen LogP) is 2.72. The van der Waals surface area contributed by atoms with Crippen LogP contribution in [0.15, 0.2) is 29.5 Å². The molecule has 0 amide bonds. The molecule has 0 spiro atoms. The first-order valence-corrected chi connectivity index (χ1v) is 4.66. The van der Waals surface area contributed by atoms with Crippen LogP contribution in [0, 0.1) is 39.8 Å². The van der Waals surface area contributed by atoms with Gasteiger partial charge in [-0.2, -0.15) is 15.8 Å². The lowest BCUT2D eigenvalue weighted by atomic mass is 10.2. The molecule has 0 aliphatic rings. The minimum Gasteiger partial charge on any atom is -0.343 e. The predicted molar refractivity (Wildman–Crippen MR) is 58.9 cm³/mol. The van der Waals surface area contributed by atoms with E-state index >= 15 is 0 Å². The van der Waals surface area contributed by atoms with Crippen molar-refractivity contribution in [2.45, 2.75) is 0 Å². The lowest BCUT2D eigenvalue weighted by Crippen LogP contribution is -2.02. The summed E-state index contributed by atoms with van der Waals surface area (Å²) in [6.07, 6.45) is 0. The molecule has 0 atom stereocenters. The average molecular weight is 247 g/mol. The molecule has 1 N–H and O–H groups in total. The number of halogens is 2. The highest BCUT2D eigenvalue weighted by atomic mass is 35.5. The van der Waals surface area contributed by atoms with E-state index in [1.165, 1.54) is 24.3 Å². The van der Waals surface area contributed by atoms with Gasteiger partial charge in [-0.3, -0.25) is 0 Å². The molecule has 0 heterocycles. The average Bonchev–Trinajstić information content (AvgIpc) is 2.33. The highest BCUT2D eigenvalue weighted by Crippen LogP contribution is 2.21. The van der Waals surface area contributed by atoms with Gasteiger partial charge in [0.2, 0.25) is 0 Å². The summed E-state index contributed by atoms with van der Waals surface area (Å²) in [4.78, 5) is 0. The molecule has 17 heavy (non-hydrogen) atoms. The zero-order chi connectivity index (χ0) is 12.8. The lowest BCUT2D eigenvalue weighted by Gasteiger charge is -2.05. The van der Waals surface area contributed by atoms with Crippen molar-refractivity contribution in [3.05, 3.63) is 40.3 Å². The smallest absolute Gasteiger partial charge is 0.163 e. The Morgan fingerprint density at radius 1 is 1.18 bits per heavy atom. The molecule has 0 fully saturated rings. The fraction of sp³-hybridized carbons (Fsp3) is 0. The van der Waals surface area contributed by atoms with Crippen LogP contribution in [0.25, 0.3) is 0 Å². The molecule has 82 valence electrons. The van der Waals surface area contributed by atoms with E-state index in [2.05, 4.69) is 5.32 Å². The monoisotopic (exact) mass is 246 g/mol. The topological polar surface area (TPSA) is 83.4 Å². The summed E-state index contributed by atoms with van der Waals surface area (Å²) in [6, 6.07) is 8.38. The van der Waals surface area contributed by atoms with E-state index in [0.717, 1.165) is 6.07 Å². The number of nitrogens with zero attached hydrogens (tertiary/aromatic N) is 3. The molecule has 0 saturated heterocycles. The summed E-state index contributed by atoms with van der Waals surface area (Å²) in [6.45, 7) is 0. The molecule has 0 radical (unpaired) electrons. The van der Waals surface area contributed by atoms with E-state index in [9.17, 15) is 4.39 Å². The van der Waals surface area contributed by atoms with Crippen LogP contribution in [0.2, 0.25) is 5.02 Å². The van der Waals surface area contributed by atoms with E-state index in [0.29, 0.717) is 0 Å². The maximum atomic E-state index is 13.3. The van der Waals surface area contributed by atoms with Gasteiger partial charge in [-0.25, -0.2) is 4.39 Å². The number of rotatable bonds is 2. The molecule has 0 aromatic heterocycles. The minimum absolute atomic E-state index is 0.0722. The number of anilines is 1. The standard InChI is InChI=1S/C11H4ClFN4/c12-8-1-2-9(13)10(3-8)17-11(6-16)7(4-14)5-15/h1-3,17H. The number of allylic oxidation sites excluding steroid dienone is 2. The second-order valence-electron chi connectivity index (χ2n) is 2.83. The number of hydrogen-bond acceptors (Lipinski definition) is 4. The van der Waals surface area contributed by atoms with Gasteiger partial charge in [0.15, 0.2) is 5.57 Å². The Bertz CT molecular complexity index is 585. The first kappa shape index (κ1) is 12.5. The van der Waals surface area contributed by atoms with Crippen LogP contribution < -0.4 is 5.32 Å². The zero-order valence-electron chi connectivity index (χ0n) is 8.33. The van der Waals surface area contributed by atoms with E-state index in [1.54, 1.807) is 6.07 Å². The van der Waals surface area contributed by atoms with E-state index < -0.39 is 11.4 Å². The van der Waals surface area contributed by atoms with Gasteiger partial charge in [0, 0.05) is 5.02 Å². The molecular formula is C11H4ClFN4. The summed E-state index contributed by atoms with van der Waals surface area (Å²) in [7, 11) is 0. The fourth-order valence-corrected chi connectivity index (χ4v) is 1.18. The molecule has 4 nitrogen and oxygen atoms in total. The van der Waals surface area contributed by atoms with Crippen LogP contribution in [0.3, 0.4) is 0 Å². The van der Waals surface area contributed by atoms with Crippen LogP contribution in [-0.2, 0) is 0 Å². The Morgan fingerprint density at radius 2 is 1.82 bits per heavy atom. The number of nitrogens with one attached hydrogen (secondary N) is 1. The van der Waals surface area contributed by atoms with Gasteiger partial charge in [-0.05, 0) is 18.2 Å². The Hall–Kier alpha value is -2.55. The Labute approximate surface area is 102 Å². The molecule has 1 aromatic carbocycles. The third-order valence-corrected chi connectivity index (χ3v) is 2.01. The van der Waals surface area contributed by atoms with Crippen LogP contribution in [0.5, 0.6) is 0 Å². The maximum absolute atomic E-state index is 13.3. The molecule has 6 heteroatoms. The summed E-state index contributed by atoms with van der Waals surface area (Å²) < 4.78 is 13.3. The van der Waals surface area contributed by atoms with E-state index in [4.69, 9.17) is 27.4 Å². The third-order valence-electron chi connectivity index (χ3n) is 1.77. The molecule has 0 aliphatic carbocycles. The second-order valence-corrected chi connectivity index (χ2v) is 3.27. The van der Waals surface area contributed by atoms with Gasteiger partial charge in [0.05, 0.1) is 5.69 Å².